The van der Waals surface area contributed by atoms with Crippen molar-refractivity contribution in [3.8, 4) is 5.75 Å². The molecule has 102 valence electrons. The third kappa shape index (κ3) is 2.98. The molecule has 0 atom stereocenters. The zero-order chi connectivity index (χ0) is 14.2. The lowest BCUT2D eigenvalue weighted by molar-refractivity contribution is -0.129. The first-order chi connectivity index (χ1) is 8.78. The molecule has 1 aliphatic rings. The van der Waals surface area contributed by atoms with E-state index in [0.29, 0.717) is 16.5 Å². The Morgan fingerprint density at radius 1 is 1.53 bits per heavy atom. The van der Waals surface area contributed by atoms with Gasteiger partial charge in [-0.05, 0) is 32.9 Å². The average Bonchev–Trinajstić information content (AvgIpc) is 2.59. The van der Waals surface area contributed by atoms with Gasteiger partial charge in [0.15, 0.2) is 0 Å². The van der Waals surface area contributed by atoms with Gasteiger partial charge in [-0.15, -0.1) is 0 Å². The fraction of sp³-hybridized carbons (Fsp3) is 0.385. The maximum Gasteiger partial charge on any atom is 0.351 e. The van der Waals surface area contributed by atoms with Crippen LogP contribution in [0.25, 0.3) is 0 Å². The van der Waals surface area contributed by atoms with Gasteiger partial charge < -0.3 is 9.84 Å². The number of aliphatic carboxylic acids is 1. The van der Waals surface area contributed by atoms with Crippen molar-refractivity contribution >= 4 is 29.0 Å². The summed E-state index contributed by atoms with van der Waals surface area (Å²) >= 11 is 6.04. The van der Waals surface area contributed by atoms with Crippen molar-refractivity contribution in [1.82, 2.24) is 0 Å². The van der Waals surface area contributed by atoms with E-state index in [1.807, 2.05) is 19.9 Å². The molecule has 19 heavy (non-hydrogen) atoms. The number of hydrogen-bond donors (Lipinski definition) is 2. The molecule has 1 aromatic rings. The normalized spacial score (nSPS) is 16.7. The summed E-state index contributed by atoms with van der Waals surface area (Å²) in [7, 11) is 0. The van der Waals surface area contributed by atoms with Crippen molar-refractivity contribution in [2.24, 2.45) is 5.10 Å². The summed E-state index contributed by atoms with van der Waals surface area (Å²) in [5.74, 6) is -0.399. The predicted molar refractivity (Wildman–Crippen MR) is 74.2 cm³/mol. The molecule has 0 spiro atoms. The van der Waals surface area contributed by atoms with Gasteiger partial charge in [0.2, 0.25) is 0 Å². The third-order valence-corrected chi connectivity index (χ3v) is 3.00. The van der Waals surface area contributed by atoms with Crippen LogP contribution >= 0.6 is 11.6 Å². The van der Waals surface area contributed by atoms with Crippen molar-refractivity contribution in [2.45, 2.75) is 32.8 Å². The van der Waals surface area contributed by atoms with Gasteiger partial charge in [-0.1, -0.05) is 11.6 Å². The summed E-state index contributed by atoms with van der Waals surface area (Å²) in [6.45, 7) is 5.37. The van der Waals surface area contributed by atoms with Crippen molar-refractivity contribution in [2.75, 3.05) is 5.43 Å². The molecule has 1 heterocycles. The van der Waals surface area contributed by atoms with Crippen LogP contribution in [-0.2, 0) is 11.2 Å². The molecule has 0 bridgehead atoms. The molecule has 0 aliphatic carbocycles. The number of ether oxygens (including phenoxy) is 1. The minimum Gasteiger partial charge on any atom is -0.485 e. The number of carboxylic acids is 1. The topological polar surface area (TPSA) is 70.9 Å². The maximum absolute atomic E-state index is 10.7. The van der Waals surface area contributed by atoms with Crippen molar-refractivity contribution in [3.63, 3.8) is 0 Å². The van der Waals surface area contributed by atoms with Crippen LogP contribution in [0.3, 0.4) is 0 Å². The first-order valence-electron chi connectivity index (χ1n) is 5.83. The van der Waals surface area contributed by atoms with Crippen LogP contribution in [-0.4, -0.2) is 22.4 Å². The van der Waals surface area contributed by atoms with E-state index in [9.17, 15) is 4.79 Å². The van der Waals surface area contributed by atoms with E-state index < -0.39 is 5.97 Å². The maximum atomic E-state index is 10.7. The van der Waals surface area contributed by atoms with Crippen molar-refractivity contribution in [1.29, 1.82) is 0 Å². The van der Waals surface area contributed by atoms with Crippen LogP contribution in [0.1, 0.15) is 26.3 Å². The number of anilines is 1. The van der Waals surface area contributed by atoms with E-state index >= 15 is 0 Å². The zero-order valence-corrected chi connectivity index (χ0v) is 11.7. The van der Waals surface area contributed by atoms with E-state index in [4.69, 9.17) is 21.4 Å². The molecule has 6 heteroatoms. The number of fused-ring (bicyclic) bond motifs is 1. The molecule has 2 N–H and O–H groups in total. The zero-order valence-electron chi connectivity index (χ0n) is 11.0. The largest absolute Gasteiger partial charge is 0.485 e. The predicted octanol–water partition coefficient (Wildman–Crippen LogP) is 2.93. The van der Waals surface area contributed by atoms with Crippen LogP contribution < -0.4 is 10.2 Å². The highest BCUT2D eigenvalue weighted by Gasteiger charge is 2.32. The number of benzene rings is 1. The van der Waals surface area contributed by atoms with E-state index in [2.05, 4.69) is 10.5 Å². The Hall–Kier alpha value is -1.75. The molecule has 0 fully saturated rings. The average molecular weight is 283 g/mol. The molecule has 0 aromatic heterocycles. The standard InChI is InChI=1S/C13H15ClN2O3/c1-7(12(17)18)15-16-10-5-9(14)4-8-6-13(2,3)19-11(8)10/h4-5,16H,6H2,1-3H3,(H,17,18)/b15-7+. The van der Waals surface area contributed by atoms with Gasteiger partial charge in [0.1, 0.15) is 17.1 Å². The monoisotopic (exact) mass is 282 g/mol. The minimum absolute atomic E-state index is 0.0361. The Bertz CT molecular complexity index is 567. The number of carboxylic acid groups (broad SMARTS) is 1. The van der Waals surface area contributed by atoms with Gasteiger partial charge in [-0.3, -0.25) is 5.43 Å². The molecule has 0 saturated carbocycles. The van der Waals surface area contributed by atoms with Crippen LogP contribution in [0.5, 0.6) is 5.75 Å². The minimum atomic E-state index is -1.08. The van der Waals surface area contributed by atoms with Crippen molar-refractivity contribution in [3.05, 3.63) is 22.7 Å². The molecule has 1 aliphatic heterocycles. The summed E-state index contributed by atoms with van der Waals surface area (Å²) in [4.78, 5) is 10.7. The lowest BCUT2D eigenvalue weighted by Crippen LogP contribution is -2.24. The van der Waals surface area contributed by atoms with Gasteiger partial charge in [0.25, 0.3) is 0 Å². The van der Waals surface area contributed by atoms with Gasteiger partial charge >= 0.3 is 5.97 Å². The van der Waals surface area contributed by atoms with Gasteiger partial charge in [-0.2, -0.15) is 5.10 Å². The molecular weight excluding hydrogens is 268 g/mol. The number of nitrogens with zero attached hydrogens (tertiary/aromatic N) is 1. The Kier molecular flexibility index (Phi) is 3.41. The highest BCUT2D eigenvalue weighted by Crippen LogP contribution is 2.42. The van der Waals surface area contributed by atoms with E-state index in [1.165, 1.54) is 6.92 Å². The molecule has 5 nitrogen and oxygen atoms in total. The number of rotatable bonds is 3. The fourth-order valence-corrected chi connectivity index (χ4v) is 2.19. The van der Waals surface area contributed by atoms with Gasteiger partial charge in [0.05, 0.1) is 5.69 Å². The molecule has 0 saturated heterocycles. The molecular formula is C13H15ClN2O3. The lowest BCUT2D eigenvalue weighted by Gasteiger charge is -2.18. The van der Waals surface area contributed by atoms with Gasteiger partial charge in [0, 0.05) is 17.0 Å². The third-order valence-electron chi connectivity index (χ3n) is 2.78. The SMILES string of the molecule is C/C(=N\Nc1cc(Cl)cc2c1OC(C)(C)C2)C(=O)O. The first kappa shape index (κ1) is 13.7. The highest BCUT2D eigenvalue weighted by molar-refractivity contribution is 6.34. The number of hydrogen-bond acceptors (Lipinski definition) is 4. The second kappa shape index (κ2) is 4.74. The van der Waals surface area contributed by atoms with E-state index in [1.54, 1.807) is 6.07 Å². The Morgan fingerprint density at radius 3 is 2.84 bits per heavy atom. The number of hydrazone groups is 1. The van der Waals surface area contributed by atoms with Crippen LogP contribution in [0.15, 0.2) is 17.2 Å². The molecule has 0 radical (unpaired) electrons. The summed E-state index contributed by atoms with van der Waals surface area (Å²) in [6.07, 6.45) is 0.749. The fourth-order valence-electron chi connectivity index (χ4n) is 1.95. The second-order valence-corrected chi connectivity index (χ2v) is 5.53. The molecule has 0 amide bonds. The molecule has 1 aromatic carbocycles. The summed E-state index contributed by atoms with van der Waals surface area (Å²) < 4.78 is 5.84. The Labute approximate surface area is 116 Å². The van der Waals surface area contributed by atoms with E-state index in [0.717, 1.165) is 12.0 Å². The molecule has 2 rings (SSSR count). The number of nitrogens with one attached hydrogen (secondary N) is 1. The van der Waals surface area contributed by atoms with Crippen LogP contribution in [0, 0.1) is 0 Å². The summed E-state index contributed by atoms with van der Waals surface area (Å²) in [5, 5.41) is 13.1. The summed E-state index contributed by atoms with van der Waals surface area (Å²) in [5.41, 5.74) is 3.94. The number of halogens is 1. The quantitative estimate of drug-likeness (QED) is 0.660. The number of carbonyl (C=O) groups is 1. The second-order valence-electron chi connectivity index (χ2n) is 5.09. The highest BCUT2D eigenvalue weighted by atomic mass is 35.5. The van der Waals surface area contributed by atoms with Crippen molar-refractivity contribution < 1.29 is 14.6 Å². The van der Waals surface area contributed by atoms with Gasteiger partial charge in [-0.25, -0.2) is 4.79 Å². The summed E-state index contributed by atoms with van der Waals surface area (Å²) in [6, 6.07) is 3.52. The smallest absolute Gasteiger partial charge is 0.351 e. The Balaban J connectivity index is 2.33. The van der Waals surface area contributed by atoms with Crippen LogP contribution in [0.4, 0.5) is 5.69 Å². The first-order valence-corrected chi connectivity index (χ1v) is 6.21. The Morgan fingerprint density at radius 2 is 2.21 bits per heavy atom. The lowest BCUT2D eigenvalue weighted by atomic mass is 10.0. The van der Waals surface area contributed by atoms with Crippen LogP contribution in [0.2, 0.25) is 5.02 Å². The molecule has 0 unspecified atom stereocenters. The van der Waals surface area contributed by atoms with E-state index in [-0.39, 0.29) is 11.3 Å².